The summed E-state index contributed by atoms with van der Waals surface area (Å²) in [7, 11) is 0. The van der Waals surface area contributed by atoms with Crippen LogP contribution in [0.5, 0.6) is 0 Å². The lowest BCUT2D eigenvalue weighted by atomic mass is 9.95. The van der Waals surface area contributed by atoms with E-state index >= 15 is 0 Å². The molecule has 7 aromatic carbocycles. The van der Waals surface area contributed by atoms with Crippen LogP contribution in [0, 0.1) is 5.92 Å². The van der Waals surface area contributed by atoms with E-state index in [-0.39, 0.29) is 12.3 Å². The lowest BCUT2D eigenvalue weighted by Crippen LogP contribution is -2.34. The second kappa shape index (κ2) is 12.1. The summed E-state index contributed by atoms with van der Waals surface area (Å²) in [5, 5.41) is 16.6. The van der Waals surface area contributed by atoms with Gasteiger partial charge in [-0.2, -0.15) is 10.0 Å². The van der Waals surface area contributed by atoms with E-state index < -0.39 is 0 Å². The number of aromatic nitrogens is 1. The molecule has 3 aromatic heterocycles. The van der Waals surface area contributed by atoms with Crippen LogP contribution in [-0.4, -0.2) is 20.8 Å². The number of rotatable bonds is 5. The molecule has 6 heteroatoms. The van der Waals surface area contributed by atoms with Gasteiger partial charge in [-0.3, -0.25) is 5.32 Å². The number of hydrogen-bond donors (Lipinski definition) is 1. The van der Waals surface area contributed by atoms with Gasteiger partial charge in [-0.1, -0.05) is 127 Å². The van der Waals surface area contributed by atoms with E-state index in [0.717, 1.165) is 34.0 Å². The molecule has 2 aliphatic heterocycles. The highest BCUT2D eigenvalue weighted by molar-refractivity contribution is 7.17. The normalized spacial score (nSPS) is 22.5. The number of thiophene rings is 1. The van der Waals surface area contributed by atoms with Gasteiger partial charge in [0.1, 0.15) is 29.7 Å². The average Bonchev–Trinajstić information content (AvgIpc) is 3.58. The lowest BCUT2D eigenvalue weighted by molar-refractivity contribution is 0.314. The summed E-state index contributed by atoms with van der Waals surface area (Å²) in [6, 6.07) is 59.3. The summed E-state index contributed by atoms with van der Waals surface area (Å²) in [6.45, 7) is 0. The van der Waals surface area contributed by atoms with Crippen LogP contribution in [0.3, 0.4) is 0 Å². The largest absolute Gasteiger partial charge is 0.456 e. The van der Waals surface area contributed by atoms with Gasteiger partial charge in [0.2, 0.25) is 0 Å². The van der Waals surface area contributed by atoms with Crippen LogP contribution in [0.2, 0.25) is 0 Å². The molecule has 272 valence electrons. The first-order chi connectivity index (χ1) is 28.3. The van der Waals surface area contributed by atoms with Gasteiger partial charge in [0.05, 0.1) is 11.0 Å². The van der Waals surface area contributed by atoms with Crippen molar-refractivity contribution in [1.82, 2.24) is 19.9 Å². The Balaban J connectivity index is 0.895. The van der Waals surface area contributed by atoms with Gasteiger partial charge in [-0.05, 0) is 82.4 Å². The van der Waals surface area contributed by atoms with Crippen LogP contribution >= 0.6 is 11.3 Å². The second-order valence-electron chi connectivity index (χ2n) is 15.7. The summed E-state index contributed by atoms with van der Waals surface area (Å²) >= 11 is 1.92. The molecule has 1 aliphatic carbocycles. The maximum Gasteiger partial charge on any atom is 0.136 e. The molecule has 0 amide bonds. The van der Waals surface area contributed by atoms with E-state index in [4.69, 9.17) is 4.42 Å². The Bertz CT molecular complexity index is 3260. The van der Waals surface area contributed by atoms with E-state index in [2.05, 4.69) is 196 Å². The highest BCUT2D eigenvalue weighted by atomic mass is 32.1. The van der Waals surface area contributed by atoms with Crippen LogP contribution in [0.15, 0.2) is 168 Å². The average molecular weight is 753 g/mol. The van der Waals surface area contributed by atoms with Crippen LogP contribution in [0.4, 0.5) is 0 Å². The molecule has 5 nitrogen and oxygen atoms in total. The lowest BCUT2D eigenvalue weighted by Gasteiger charge is -2.23. The Kier molecular flexibility index (Phi) is 6.77. The van der Waals surface area contributed by atoms with Crippen molar-refractivity contribution in [1.29, 1.82) is 0 Å². The first-order valence-electron chi connectivity index (χ1n) is 19.9. The molecular weight excluding hydrogens is 717 g/mol. The van der Waals surface area contributed by atoms with Crippen molar-refractivity contribution < 1.29 is 4.42 Å². The summed E-state index contributed by atoms with van der Waals surface area (Å²) in [4.78, 5) is 0. The van der Waals surface area contributed by atoms with Crippen LogP contribution < -0.4 is 15.1 Å². The fourth-order valence-electron chi connectivity index (χ4n) is 10.0. The Morgan fingerprint density at radius 1 is 0.579 bits per heavy atom. The SMILES string of the molecule is C1=c2sc3ccc(-c4cccc5oc6ccc(-n7c8ccccc8c8ccccc87)cc6c45)cc3c2=CCC1C1N2C(c3ccccc3)NC(c3ccccc3)N12. The van der Waals surface area contributed by atoms with Crippen molar-refractivity contribution in [3.05, 3.63) is 185 Å². The maximum atomic E-state index is 6.54. The van der Waals surface area contributed by atoms with Gasteiger partial charge in [-0.25, -0.2) is 0 Å². The smallest absolute Gasteiger partial charge is 0.136 e. The van der Waals surface area contributed by atoms with E-state index in [0.29, 0.717) is 12.1 Å². The van der Waals surface area contributed by atoms with Crippen LogP contribution in [0.1, 0.15) is 29.9 Å². The second-order valence-corrected chi connectivity index (χ2v) is 16.7. The molecule has 5 unspecified atom stereocenters. The fourth-order valence-corrected chi connectivity index (χ4v) is 11.2. The molecule has 5 heterocycles. The van der Waals surface area contributed by atoms with Gasteiger partial charge in [0.15, 0.2) is 0 Å². The zero-order valence-electron chi connectivity index (χ0n) is 30.9. The van der Waals surface area contributed by atoms with Gasteiger partial charge >= 0.3 is 0 Å². The number of furan rings is 1. The molecule has 13 rings (SSSR count). The molecule has 0 radical (unpaired) electrons. The van der Waals surface area contributed by atoms with Crippen molar-refractivity contribution in [2.45, 2.75) is 24.9 Å². The van der Waals surface area contributed by atoms with Crippen molar-refractivity contribution in [3.8, 4) is 16.8 Å². The van der Waals surface area contributed by atoms with E-state index in [1.807, 2.05) is 11.3 Å². The van der Waals surface area contributed by atoms with Crippen molar-refractivity contribution >= 4 is 77.3 Å². The molecule has 3 aliphatic rings. The third-order valence-corrected chi connectivity index (χ3v) is 13.7. The standard InChI is InChI=1S/C51H36N4OS/c1-3-12-31(13-4-1)49-52-50(32-14-5-2-6-15-32)55-51(54(49)55)34-22-25-39-40-28-33(23-27-46(40)57-47(39)29-34)36-18-11-21-45-48(36)41-30-35(24-26-44(41)56-45)53-42-19-9-7-16-37(42)38-17-8-10-20-43(38)53/h1-21,23-30,34,49-52H,22H2. The first kappa shape index (κ1) is 31.9. The van der Waals surface area contributed by atoms with E-state index in [9.17, 15) is 0 Å². The van der Waals surface area contributed by atoms with Crippen LogP contribution in [0.25, 0.3) is 82.8 Å². The Labute approximate surface area is 332 Å². The minimum Gasteiger partial charge on any atom is -0.456 e. The predicted octanol–water partition coefficient (Wildman–Crippen LogP) is 11.0. The van der Waals surface area contributed by atoms with Gasteiger partial charge in [0.25, 0.3) is 0 Å². The molecule has 2 fully saturated rings. The Morgan fingerprint density at radius 3 is 1.98 bits per heavy atom. The molecule has 0 saturated carbocycles. The number of nitrogens with one attached hydrogen (secondary N) is 1. The highest BCUT2D eigenvalue weighted by Crippen LogP contribution is 2.53. The van der Waals surface area contributed by atoms with Crippen molar-refractivity contribution in [2.75, 3.05) is 0 Å². The molecule has 0 bridgehead atoms. The maximum absolute atomic E-state index is 6.54. The molecular formula is C51H36N4OS. The van der Waals surface area contributed by atoms with Gasteiger partial charge < -0.3 is 8.98 Å². The number of hydrazine groups is 1. The van der Waals surface area contributed by atoms with Gasteiger partial charge in [0, 0.05) is 47.8 Å². The topological polar surface area (TPSA) is 36.1 Å². The molecule has 10 aromatic rings. The molecule has 5 atom stereocenters. The van der Waals surface area contributed by atoms with Crippen molar-refractivity contribution in [3.63, 3.8) is 0 Å². The molecule has 0 spiro atoms. The first-order valence-corrected chi connectivity index (χ1v) is 20.7. The summed E-state index contributed by atoms with van der Waals surface area (Å²) in [6.07, 6.45) is 6.73. The number of benzene rings is 7. The summed E-state index contributed by atoms with van der Waals surface area (Å²) in [5.41, 5.74) is 10.4. The van der Waals surface area contributed by atoms with E-state index in [1.54, 1.807) is 0 Å². The van der Waals surface area contributed by atoms with Crippen LogP contribution in [-0.2, 0) is 0 Å². The minimum atomic E-state index is 0.154. The number of nitrogens with zero attached hydrogens (tertiary/aromatic N) is 3. The zero-order valence-corrected chi connectivity index (χ0v) is 31.7. The monoisotopic (exact) mass is 752 g/mol. The number of para-hydroxylation sites is 2. The summed E-state index contributed by atoms with van der Waals surface area (Å²) < 4.78 is 11.6. The number of fused-ring (bicyclic) bond motifs is 10. The highest BCUT2D eigenvalue weighted by Gasteiger charge is 2.61. The fraction of sp³-hybridized carbons (Fsp3) is 0.0980. The summed E-state index contributed by atoms with van der Waals surface area (Å²) in [5.74, 6) is 0.402. The molecule has 57 heavy (non-hydrogen) atoms. The Morgan fingerprint density at radius 2 is 1.26 bits per heavy atom. The minimum absolute atomic E-state index is 0.154. The van der Waals surface area contributed by atoms with Gasteiger partial charge in [-0.15, -0.1) is 11.3 Å². The van der Waals surface area contributed by atoms with Crippen molar-refractivity contribution in [2.24, 2.45) is 5.92 Å². The quantitative estimate of drug-likeness (QED) is 0.178. The molecule has 1 N–H and O–H groups in total. The number of hydrogen-bond acceptors (Lipinski definition) is 5. The predicted molar refractivity (Wildman–Crippen MR) is 234 cm³/mol. The Hall–Kier alpha value is -6.28. The zero-order chi connectivity index (χ0) is 37.2. The van der Waals surface area contributed by atoms with E-state index in [1.165, 1.54) is 63.9 Å². The third-order valence-electron chi connectivity index (χ3n) is 12.6. The molecule has 2 saturated heterocycles. The third kappa shape index (κ3) is 4.73.